The zero-order valence-electron chi connectivity index (χ0n) is 21.4. The Kier molecular flexibility index (Phi) is 6.47. The van der Waals surface area contributed by atoms with E-state index in [1.807, 2.05) is 26.0 Å². The maximum Gasteiger partial charge on any atom is 0.258 e. The molecule has 1 amide bonds. The minimum atomic E-state index is -3.73. The van der Waals surface area contributed by atoms with E-state index < -0.39 is 21.3 Å². The molecule has 37 heavy (non-hydrogen) atoms. The summed E-state index contributed by atoms with van der Waals surface area (Å²) < 4.78 is 28.2. The van der Waals surface area contributed by atoms with Crippen molar-refractivity contribution in [2.75, 3.05) is 55.7 Å². The fourth-order valence-corrected chi connectivity index (χ4v) is 6.63. The number of nitrogens with two attached hydrogens (primary N) is 1. The van der Waals surface area contributed by atoms with E-state index in [4.69, 9.17) is 5.73 Å². The highest BCUT2D eigenvalue weighted by molar-refractivity contribution is 7.89. The number of likely N-dealkylation sites (N-methyl/N-ethyl adjacent to an activating group) is 1. The number of amides is 1. The Labute approximate surface area is 217 Å². The summed E-state index contributed by atoms with van der Waals surface area (Å²) in [5.74, 6) is -0.0823. The maximum absolute atomic E-state index is 13.4. The highest BCUT2D eigenvalue weighted by Gasteiger charge is 2.41. The lowest BCUT2D eigenvalue weighted by Crippen LogP contribution is -2.45. The number of fused-ring (bicyclic) bond motifs is 1. The molecule has 0 saturated carbocycles. The summed E-state index contributed by atoms with van der Waals surface area (Å²) in [6.07, 6.45) is 0. The molecule has 2 aliphatic heterocycles. The summed E-state index contributed by atoms with van der Waals surface area (Å²) in [6, 6.07) is 13.8. The van der Waals surface area contributed by atoms with Crippen LogP contribution in [0.4, 0.5) is 17.2 Å². The van der Waals surface area contributed by atoms with Gasteiger partial charge in [-0.1, -0.05) is 32.0 Å². The Morgan fingerprint density at radius 2 is 1.78 bits per heavy atom. The number of benzene rings is 2. The standard InChI is InChI=1S/C26H33N7O3S/c1-26(2)17-33(37(35,36)19-7-5-4-6-8-19)16-21-23(26)29-30-24(21)28-25(34)20-10-9-18(15-22(20)27)32-13-11-31(3)12-14-32/h4-10,15H,11-14,16-17,27H2,1-3H3,(H2,28,29,30,34). The summed E-state index contributed by atoms with van der Waals surface area (Å²) in [5, 5.41) is 10.2. The number of carbonyl (C=O) groups is 1. The first-order valence-electron chi connectivity index (χ1n) is 12.3. The van der Waals surface area contributed by atoms with Crippen molar-refractivity contribution in [2.45, 2.75) is 30.7 Å². The van der Waals surface area contributed by atoms with Gasteiger partial charge in [-0.15, -0.1) is 0 Å². The lowest BCUT2D eigenvalue weighted by atomic mass is 9.84. The largest absolute Gasteiger partial charge is 0.398 e. The highest BCUT2D eigenvalue weighted by Crippen LogP contribution is 2.38. The Balaban J connectivity index is 1.38. The van der Waals surface area contributed by atoms with Crippen molar-refractivity contribution in [2.24, 2.45) is 0 Å². The van der Waals surface area contributed by atoms with Gasteiger partial charge >= 0.3 is 0 Å². The number of hydrogen-bond acceptors (Lipinski definition) is 7. The fourth-order valence-electron chi connectivity index (χ4n) is 5.04. The molecule has 0 atom stereocenters. The molecular formula is C26H33N7O3S. The molecular weight excluding hydrogens is 490 g/mol. The van der Waals surface area contributed by atoms with Crippen LogP contribution in [0.25, 0.3) is 0 Å². The molecule has 0 aliphatic carbocycles. The van der Waals surface area contributed by atoms with Gasteiger partial charge in [0.15, 0.2) is 5.82 Å². The Morgan fingerprint density at radius 1 is 1.08 bits per heavy atom. The Morgan fingerprint density at radius 3 is 2.46 bits per heavy atom. The molecule has 11 heteroatoms. The van der Waals surface area contributed by atoms with Crippen LogP contribution in [0, 0.1) is 0 Å². The quantitative estimate of drug-likeness (QED) is 0.439. The fraction of sp³-hybridized carbons (Fsp3) is 0.385. The first kappa shape index (κ1) is 25.2. The predicted octanol–water partition coefficient (Wildman–Crippen LogP) is 2.48. The molecule has 0 spiro atoms. The number of nitrogens with one attached hydrogen (secondary N) is 2. The van der Waals surface area contributed by atoms with Gasteiger partial charge in [0.1, 0.15) is 0 Å². The lowest BCUT2D eigenvalue weighted by Gasteiger charge is -2.36. The second-order valence-electron chi connectivity index (χ2n) is 10.4. The number of aromatic nitrogens is 2. The number of hydrogen-bond donors (Lipinski definition) is 3. The first-order chi connectivity index (χ1) is 17.6. The van der Waals surface area contributed by atoms with Crippen LogP contribution in [0.5, 0.6) is 0 Å². The van der Waals surface area contributed by atoms with Crippen molar-refractivity contribution in [1.82, 2.24) is 19.4 Å². The van der Waals surface area contributed by atoms with Gasteiger partial charge in [-0.25, -0.2) is 8.42 Å². The van der Waals surface area contributed by atoms with E-state index in [1.54, 1.807) is 36.4 Å². The van der Waals surface area contributed by atoms with E-state index in [0.717, 1.165) is 37.6 Å². The number of aromatic amines is 1. The van der Waals surface area contributed by atoms with E-state index >= 15 is 0 Å². The van der Waals surface area contributed by atoms with Crippen LogP contribution in [-0.4, -0.2) is 73.5 Å². The number of nitrogens with zero attached hydrogens (tertiary/aromatic N) is 4. The van der Waals surface area contributed by atoms with Crippen molar-refractivity contribution in [3.8, 4) is 0 Å². The van der Waals surface area contributed by atoms with Gasteiger partial charge in [0.05, 0.1) is 10.5 Å². The minimum Gasteiger partial charge on any atom is -0.398 e. The average Bonchev–Trinajstić information content (AvgIpc) is 3.28. The second kappa shape index (κ2) is 9.47. The third kappa shape index (κ3) is 4.81. The minimum absolute atomic E-state index is 0.0972. The smallest absolute Gasteiger partial charge is 0.258 e. The van der Waals surface area contributed by atoms with Gasteiger partial charge < -0.3 is 20.9 Å². The van der Waals surface area contributed by atoms with Crippen LogP contribution in [0.2, 0.25) is 0 Å². The molecule has 196 valence electrons. The topological polar surface area (TPSA) is 128 Å². The zero-order chi connectivity index (χ0) is 26.4. The molecule has 2 aromatic carbocycles. The van der Waals surface area contributed by atoms with Gasteiger partial charge in [-0.05, 0) is 37.4 Å². The molecule has 3 heterocycles. The second-order valence-corrected chi connectivity index (χ2v) is 12.3. The normalized spacial score (nSPS) is 18.4. The van der Waals surface area contributed by atoms with Gasteiger partial charge in [0.25, 0.3) is 5.91 Å². The van der Waals surface area contributed by atoms with E-state index in [9.17, 15) is 13.2 Å². The van der Waals surface area contributed by atoms with Crippen molar-refractivity contribution in [3.63, 3.8) is 0 Å². The van der Waals surface area contributed by atoms with E-state index in [-0.39, 0.29) is 18.0 Å². The molecule has 1 saturated heterocycles. The van der Waals surface area contributed by atoms with Crippen molar-refractivity contribution in [3.05, 3.63) is 65.4 Å². The number of piperazine rings is 1. The zero-order valence-corrected chi connectivity index (χ0v) is 22.2. The first-order valence-corrected chi connectivity index (χ1v) is 13.8. The molecule has 2 aliphatic rings. The molecule has 1 aromatic heterocycles. The van der Waals surface area contributed by atoms with Gasteiger partial charge in [0, 0.05) is 67.3 Å². The summed E-state index contributed by atoms with van der Waals surface area (Å²) >= 11 is 0. The number of anilines is 3. The van der Waals surface area contributed by atoms with E-state index in [1.165, 1.54) is 4.31 Å². The number of sulfonamides is 1. The molecule has 4 N–H and O–H groups in total. The summed E-state index contributed by atoms with van der Waals surface area (Å²) in [4.78, 5) is 18.0. The van der Waals surface area contributed by atoms with Crippen LogP contribution in [0.15, 0.2) is 53.4 Å². The van der Waals surface area contributed by atoms with Crippen molar-refractivity contribution in [1.29, 1.82) is 0 Å². The SMILES string of the molecule is CN1CCN(c2ccc(C(=O)Nc3n[nH]c4c3CN(S(=O)(=O)c3ccccc3)CC4(C)C)c(N)c2)CC1. The molecule has 1 fully saturated rings. The van der Waals surface area contributed by atoms with E-state index in [0.29, 0.717) is 22.6 Å². The molecule has 3 aromatic rings. The summed E-state index contributed by atoms with van der Waals surface area (Å²) in [7, 11) is -1.62. The average molecular weight is 524 g/mol. The third-order valence-corrected chi connectivity index (χ3v) is 9.02. The van der Waals surface area contributed by atoms with Gasteiger partial charge in [-0.3, -0.25) is 9.89 Å². The van der Waals surface area contributed by atoms with Crippen LogP contribution < -0.4 is 16.0 Å². The van der Waals surface area contributed by atoms with Gasteiger partial charge in [0.2, 0.25) is 10.0 Å². The van der Waals surface area contributed by atoms with Gasteiger partial charge in [-0.2, -0.15) is 9.40 Å². The molecule has 10 nitrogen and oxygen atoms in total. The lowest BCUT2D eigenvalue weighted by molar-refractivity contribution is 0.102. The number of H-pyrrole nitrogens is 1. The Hall–Kier alpha value is -3.41. The van der Waals surface area contributed by atoms with Crippen LogP contribution in [-0.2, 0) is 22.0 Å². The predicted molar refractivity (Wildman–Crippen MR) is 144 cm³/mol. The van der Waals surface area contributed by atoms with Crippen LogP contribution in [0.3, 0.4) is 0 Å². The molecule has 0 radical (unpaired) electrons. The third-order valence-electron chi connectivity index (χ3n) is 7.21. The molecule has 5 rings (SSSR count). The summed E-state index contributed by atoms with van der Waals surface area (Å²) in [6.45, 7) is 8.04. The number of carbonyl (C=O) groups excluding carboxylic acids is 1. The van der Waals surface area contributed by atoms with Crippen LogP contribution in [0.1, 0.15) is 35.5 Å². The monoisotopic (exact) mass is 523 g/mol. The number of rotatable bonds is 5. The molecule has 0 bridgehead atoms. The maximum atomic E-state index is 13.4. The summed E-state index contributed by atoms with van der Waals surface area (Å²) in [5.41, 5.74) is 8.93. The highest BCUT2D eigenvalue weighted by atomic mass is 32.2. The van der Waals surface area contributed by atoms with Crippen molar-refractivity contribution >= 4 is 33.1 Å². The van der Waals surface area contributed by atoms with E-state index in [2.05, 4.69) is 32.4 Å². The number of nitrogen functional groups attached to an aromatic ring is 1. The Bertz CT molecular complexity index is 1410. The molecule has 0 unspecified atom stereocenters. The van der Waals surface area contributed by atoms with Crippen LogP contribution >= 0.6 is 0 Å². The van der Waals surface area contributed by atoms with Crippen molar-refractivity contribution < 1.29 is 13.2 Å².